The number of aliphatic hydroxyl groups is 1. The van der Waals surface area contributed by atoms with Crippen LogP contribution in [0.25, 0.3) is 0 Å². The van der Waals surface area contributed by atoms with Crippen molar-refractivity contribution >= 4 is 15.9 Å². The molecule has 2 aromatic rings. The van der Waals surface area contributed by atoms with Crippen LogP contribution in [0.4, 0.5) is 0 Å². The minimum absolute atomic E-state index is 0.576. The van der Waals surface area contributed by atoms with Gasteiger partial charge in [0.2, 0.25) is 0 Å². The lowest BCUT2D eigenvalue weighted by Crippen LogP contribution is -1.96. The summed E-state index contributed by atoms with van der Waals surface area (Å²) in [6, 6.07) is 12.9. The van der Waals surface area contributed by atoms with Gasteiger partial charge in [-0.25, -0.2) is 0 Å². The fourth-order valence-electron chi connectivity index (χ4n) is 1.73. The summed E-state index contributed by atoms with van der Waals surface area (Å²) in [6.45, 7) is 1.71. The van der Waals surface area contributed by atoms with E-state index in [0.717, 1.165) is 15.8 Å². The molecule has 2 rings (SSSR count). The quantitative estimate of drug-likeness (QED) is 0.911. The molecular weight excluding hydrogens is 308 g/mol. The van der Waals surface area contributed by atoms with Gasteiger partial charge in [0.05, 0.1) is 17.7 Å². The molecule has 19 heavy (non-hydrogen) atoms. The first-order valence-corrected chi connectivity index (χ1v) is 6.69. The van der Waals surface area contributed by atoms with E-state index in [1.54, 1.807) is 14.0 Å². The first kappa shape index (κ1) is 13.9. The van der Waals surface area contributed by atoms with E-state index in [4.69, 9.17) is 9.47 Å². The van der Waals surface area contributed by atoms with Crippen molar-refractivity contribution in [1.82, 2.24) is 0 Å². The zero-order chi connectivity index (χ0) is 13.8. The molecule has 0 heterocycles. The van der Waals surface area contributed by atoms with Gasteiger partial charge in [0.1, 0.15) is 17.2 Å². The number of para-hydroxylation sites is 1. The SMILES string of the molecule is COc1ccc(Oc2ccccc2C(C)O)c(Br)c1. The monoisotopic (exact) mass is 322 g/mol. The third-order valence-electron chi connectivity index (χ3n) is 2.73. The third kappa shape index (κ3) is 3.28. The van der Waals surface area contributed by atoms with Gasteiger partial charge in [-0.05, 0) is 47.1 Å². The highest BCUT2D eigenvalue weighted by atomic mass is 79.9. The van der Waals surface area contributed by atoms with Crippen LogP contribution < -0.4 is 9.47 Å². The molecule has 3 nitrogen and oxygen atoms in total. The number of halogens is 1. The molecule has 0 bridgehead atoms. The van der Waals surface area contributed by atoms with E-state index in [0.29, 0.717) is 11.5 Å². The topological polar surface area (TPSA) is 38.7 Å². The fraction of sp³-hybridized carbons (Fsp3) is 0.200. The van der Waals surface area contributed by atoms with E-state index in [1.165, 1.54) is 0 Å². The van der Waals surface area contributed by atoms with Crippen molar-refractivity contribution in [1.29, 1.82) is 0 Å². The molecule has 2 aromatic carbocycles. The van der Waals surface area contributed by atoms with Gasteiger partial charge in [-0.15, -0.1) is 0 Å². The summed E-state index contributed by atoms with van der Waals surface area (Å²) in [6.07, 6.45) is -0.576. The van der Waals surface area contributed by atoms with Gasteiger partial charge < -0.3 is 14.6 Å². The van der Waals surface area contributed by atoms with Crippen molar-refractivity contribution in [2.75, 3.05) is 7.11 Å². The second-order valence-corrected chi connectivity index (χ2v) is 4.97. The Kier molecular flexibility index (Phi) is 4.45. The normalized spacial score (nSPS) is 12.0. The summed E-state index contributed by atoms with van der Waals surface area (Å²) in [5, 5.41) is 9.72. The van der Waals surface area contributed by atoms with Gasteiger partial charge in [-0.3, -0.25) is 0 Å². The largest absolute Gasteiger partial charge is 0.497 e. The van der Waals surface area contributed by atoms with Crippen LogP contribution in [0.5, 0.6) is 17.2 Å². The summed E-state index contributed by atoms with van der Waals surface area (Å²) in [5.74, 6) is 2.07. The number of hydrogen-bond acceptors (Lipinski definition) is 3. The van der Waals surface area contributed by atoms with Gasteiger partial charge >= 0.3 is 0 Å². The first-order chi connectivity index (χ1) is 9.11. The second-order valence-electron chi connectivity index (χ2n) is 4.11. The Hall–Kier alpha value is -1.52. The number of aliphatic hydroxyl groups excluding tert-OH is 1. The van der Waals surface area contributed by atoms with Crippen molar-refractivity contribution in [3.63, 3.8) is 0 Å². The Morgan fingerprint density at radius 1 is 1.11 bits per heavy atom. The Balaban J connectivity index is 2.31. The van der Waals surface area contributed by atoms with Crippen LogP contribution in [-0.4, -0.2) is 12.2 Å². The molecule has 0 aromatic heterocycles. The molecule has 0 aliphatic heterocycles. The van der Waals surface area contributed by atoms with Crippen molar-refractivity contribution in [2.24, 2.45) is 0 Å². The lowest BCUT2D eigenvalue weighted by molar-refractivity contribution is 0.195. The highest BCUT2D eigenvalue weighted by molar-refractivity contribution is 9.10. The van der Waals surface area contributed by atoms with Crippen LogP contribution in [0.3, 0.4) is 0 Å². The minimum Gasteiger partial charge on any atom is -0.497 e. The highest BCUT2D eigenvalue weighted by Gasteiger charge is 2.11. The summed E-state index contributed by atoms with van der Waals surface area (Å²) in [7, 11) is 1.62. The van der Waals surface area contributed by atoms with Gasteiger partial charge in [0, 0.05) is 5.56 Å². The number of rotatable bonds is 4. The average molecular weight is 323 g/mol. The Morgan fingerprint density at radius 3 is 2.47 bits per heavy atom. The van der Waals surface area contributed by atoms with Gasteiger partial charge in [0.25, 0.3) is 0 Å². The molecule has 0 amide bonds. The maximum Gasteiger partial charge on any atom is 0.141 e. The number of hydrogen-bond donors (Lipinski definition) is 1. The molecule has 0 radical (unpaired) electrons. The molecule has 0 saturated heterocycles. The molecule has 1 unspecified atom stereocenters. The zero-order valence-corrected chi connectivity index (χ0v) is 12.3. The maximum atomic E-state index is 9.72. The molecule has 0 fully saturated rings. The Morgan fingerprint density at radius 2 is 1.84 bits per heavy atom. The standard InChI is InChI=1S/C15H15BrO3/c1-10(17)12-5-3-4-6-14(12)19-15-8-7-11(18-2)9-13(15)16/h3-10,17H,1-2H3. The van der Waals surface area contributed by atoms with E-state index in [1.807, 2.05) is 42.5 Å². The molecule has 0 spiro atoms. The van der Waals surface area contributed by atoms with E-state index >= 15 is 0 Å². The van der Waals surface area contributed by atoms with E-state index in [9.17, 15) is 5.11 Å². The van der Waals surface area contributed by atoms with Crippen LogP contribution in [0.2, 0.25) is 0 Å². The number of benzene rings is 2. The second kappa shape index (κ2) is 6.08. The molecule has 1 N–H and O–H groups in total. The van der Waals surface area contributed by atoms with Crippen LogP contribution in [0, 0.1) is 0 Å². The number of ether oxygens (including phenoxy) is 2. The molecule has 0 aliphatic rings. The van der Waals surface area contributed by atoms with Crippen molar-refractivity contribution < 1.29 is 14.6 Å². The first-order valence-electron chi connectivity index (χ1n) is 5.90. The number of methoxy groups -OCH3 is 1. The predicted octanol–water partition coefficient (Wildman–Crippen LogP) is 4.30. The van der Waals surface area contributed by atoms with Crippen molar-refractivity contribution in [3.05, 3.63) is 52.5 Å². The van der Waals surface area contributed by atoms with Gasteiger partial charge in [-0.1, -0.05) is 18.2 Å². The van der Waals surface area contributed by atoms with E-state index < -0.39 is 6.10 Å². The molecule has 0 saturated carbocycles. The Bertz CT molecular complexity index is 567. The van der Waals surface area contributed by atoms with Crippen LogP contribution >= 0.6 is 15.9 Å². The minimum atomic E-state index is -0.576. The Labute approximate surface area is 120 Å². The van der Waals surface area contributed by atoms with Crippen LogP contribution in [0.15, 0.2) is 46.9 Å². The highest BCUT2D eigenvalue weighted by Crippen LogP contribution is 2.35. The predicted molar refractivity (Wildman–Crippen MR) is 77.8 cm³/mol. The van der Waals surface area contributed by atoms with E-state index in [-0.39, 0.29) is 0 Å². The maximum absolute atomic E-state index is 9.72. The summed E-state index contributed by atoms with van der Waals surface area (Å²) < 4.78 is 11.8. The van der Waals surface area contributed by atoms with Crippen molar-refractivity contribution in [2.45, 2.75) is 13.0 Å². The third-order valence-corrected chi connectivity index (χ3v) is 3.35. The van der Waals surface area contributed by atoms with Crippen molar-refractivity contribution in [3.8, 4) is 17.2 Å². The molecule has 1 atom stereocenters. The van der Waals surface area contributed by atoms with Gasteiger partial charge in [-0.2, -0.15) is 0 Å². The van der Waals surface area contributed by atoms with Crippen LogP contribution in [0.1, 0.15) is 18.6 Å². The van der Waals surface area contributed by atoms with Gasteiger partial charge in [0.15, 0.2) is 0 Å². The lowest BCUT2D eigenvalue weighted by atomic mass is 10.1. The molecule has 100 valence electrons. The molecule has 4 heteroatoms. The molecular formula is C15H15BrO3. The lowest BCUT2D eigenvalue weighted by Gasteiger charge is -2.14. The van der Waals surface area contributed by atoms with Crippen LogP contribution in [-0.2, 0) is 0 Å². The molecule has 0 aliphatic carbocycles. The summed E-state index contributed by atoms with van der Waals surface area (Å²) >= 11 is 3.44. The fourth-order valence-corrected chi connectivity index (χ4v) is 2.17. The summed E-state index contributed by atoms with van der Waals surface area (Å²) in [4.78, 5) is 0. The van der Waals surface area contributed by atoms with E-state index in [2.05, 4.69) is 15.9 Å². The average Bonchev–Trinajstić information content (AvgIpc) is 2.41. The zero-order valence-electron chi connectivity index (χ0n) is 10.8. The summed E-state index contributed by atoms with van der Waals surface area (Å²) in [5.41, 5.74) is 0.755. The smallest absolute Gasteiger partial charge is 0.141 e.